The summed E-state index contributed by atoms with van der Waals surface area (Å²) in [7, 11) is 0. The van der Waals surface area contributed by atoms with E-state index in [2.05, 4.69) is 9.88 Å². The molecule has 2 aromatic heterocycles. The molecule has 0 atom stereocenters. The van der Waals surface area contributed by atoms with E-state index < -0.39 is 5.76 Å². The standard InChI is InChI=1S/C22H22N4O4S/c27-20(15-26-17-6-2-3-7-18(17)30-22(26)28)25(10-9-24-11-13-29-14-12-24)21-23-16-5-1-4-8-19(16)31-21/h1-8H,9-15H2. The van der Waals surface area contributed by atoms with E-state index in [1.807, 2.05) is 30.3 Å². The van der Waals surface area contributed by atoms with Crippen molar-refractivity contribution in [3.8, 4) is 0 Å². The molecule has 2 aromatic carbocycles. The number of morpholine rings is 1. The van der Waals surface area contributed by atoms with Crippen molar-refractivity contribution < 1.29 is 13.9 Å². The van der Waals surface area contributed by atoms with Crippen LogP contribution in [0.3, 0.4) is 0 Å². The van der Waals surface area contributed by atoms with Gasteiger partial charge in [0.05, 0.1) is 28.9 Å². The van der Waals surface area contributed by atoms with Crippen molar-refractivity contribution in [2.75, 3.05) is 44.3 Å². The molecular weight excluding hydrogens is 416 g/mol. The molecule has 0 unspecified atom stereocenters. The smallest absolute Gasteiger partial charge is 0.408 e. The first-order valence-corrected chi connectivity index (χ1v) is 11.0. The zero-order valence-corrected chi connectivity index (χ0v) is 17.7. The van der Waals surface area contributed by atoms with Crippen LogP contribution in [0.15, 0.2) is 57.7 Å². The molecule has 1 amide bonds. The Kier molecular flexibility index (Phi) is 5.54. The van der Waals surface area contributed by atoms with E-state index in [9.17, 15) is 9.59 Å². The summed E-state index contributed by atoms with van der Waals surface area (Å²) in [6, 6.07) is 15.0. The first-order chi connectivity index (χ1) is 15.2. The minimum atomic E-state index is -0.535. The second-order valence-electron chi connectivity index (χ2n) is 7.39. The molecule has 5 rings (SSSR count). The molecule has 0 radical (unpaired) electrons. The van der Waals surface area contributed by atoms with E-state index in [-0.39, 0.29) is 12.5 Å². The largest absolute Gasteiger partial charge is 0.420 e. The van der Waals surface area contributed by atoms with Crippen LogP contribution in [0.4, 0.5) is 5.13 Å². The molecule has 0 spiro atoms. The molecule has 0 N–H and O–H groups in total. The maximum Gasteiger partial charge on any atom is 0.420 e. The van der Waals surface area contributed by atoms with Crippen LogP contribution in [0.5, 0.6) is 0 Å². The van der Waals surface area contributed by atoms with E-state index in [1.54, 1.807) is 23.1 Å². The van der Waals surface area contributed by atoms with Gasteiger partial charge in [-0.15, -0.1) is 0 Å². The number of hydrogen-bond acceptors (Lipinski definition) is 7. The highest BCUT2D eigenvalue weighted by Crippen LogP contribution is 2.29. The molecule has 1 saturated heterocycles. The van der Waals surface area contributed by atoms with E-state index in [4.69, 9.17) is 9.15 Å². The predicted molar refractivity (Wildman–Crippen MR) is 120 cm³/mol. The summed E-state index contributed by atoms with van der Waals surface area (Å²) in [6.07, 6.45) is 0. The van der Waals surface area contributed by atoms with Crippen LogP contribution in [0.1, 0.15) is 0 Å². The normalized spacial score (nSPS) is 15.0. The highest BCUT2D eigenvalue weighted by Gasteiger charge is 2.23. The van der Waals surface area contributed by atoms with Crippen LogP contribution in [0.25, 0.3) is 21.3 Å². The number of anilines is 1. The lowest BCUT2D eigenvalue weighted by Gasteiger charge is -2.29. The Hall–Kier alpha value is -3.01. The topological polar surface area (TPSA) is 80.8 Å². The molecule has 31 heavy (non-hydrogen) atoms. The molecule has 3 heterocycles. The minimum Gasteiger partial charge on any atom is -0.408 e. The van der Waals surface area contributed by atoms with Gasteiger partial charge in [-0.25, -0.2) is 9.78 Å². The van der Waals surface area contributed by atoms with Crippen LogP contribution in [0, 0.1) is 0 Å². The molecule has 0 aliphatic carbocycles. The quantitative estimate of drug-likeness (QED) is 0.460. The molecule has 160 valence electrons. The number of ether oxygens (including phenoxy) is 1. The SMILES string of the molecule is O=C(Cn1c(=O)oc2ccccc21)N(CCN1CCOCC1)c1nc2ccccc2s1. The van der Waals surface area contributed by atoms with Crippen LogP contribution in [-0.4, -0.2) is 59.8 Å². The van der Waals surface area contributed by atoms with Gasteiger partial charge in [-0.05, 0) is 24.3 Å². The Morgan fingerprint density at radius 3 is 2.71 bits per heavy atom. The van der Waals surface area contributed by atoms with Crippen LogP contribution in [0.2, 0.25) is 0 Å². The second kappa shape index (κ2) is 8.62. The summed E-state index contributed by atoms with van der Waals surface area (Å²) in [5.74, 6) is -0.729. The Balaban J connectivity index is 1.44. The number of benzene rings is 2. The average molecular weight is 439 g/mol. The monoisotopic (exact) mass is 438 g/mol. The van der Waals surface area contributed by atoms with Gasteiger partial charge in [0, 0.05) is 26.2 Å². The number of hydrogen-bond donors (Lipinski definition) is 0. The maximum atomic E-state index is 13.4. The van der Waals surface area contributed by atoms with Gasteiger partial charge in [-0.1, -0.05) is 35.6 Å². The summed E-state index contributed by atoms with van der Waals surface area (Å²) in [4.78, 5) is 34.4. The second-order valence-corrected chi connectivity index (χ2v) is 8.39. The number of carbonyl (C=O) groups is 1. The molecule has 0 saturated carbocycles. The van der Waals surface area contributed by atoms with Gasteiger partial charge in [-0.2, -0.15) is 0 Å². The number of carbonyl (C=O) groups excluding carboxylic acids is 1. The number of para-hydroxylation sites is 3. The van der Waals surface area contributed by atoms with Crippen molar-refractivity contribution in [1.82, 2.24) is 14.5 Å². The number of amides is 1. The Morgan fingerprint density at radius 1 is 1.10 bits per heavy atom. The predicted octanol–water partition coefficient (Wildman–Crippen LogP) is 2.57. The summed E-state index contributed by atoms with van der Waals surface area (Å²) in [5.41, 5.74) is 1.94. The fourth-order valence-electron chi connectivity index (χ4n) is 3.75. The van der Waals surface area contributed by atoms with E-state index in [0.29, 0.717) is 42.5 Å². The van der Waals surface area contributed by atoms with Gasteiger partial charge in [0.2, 0.25) is 5.91 Å². The van der Waals surface area contributed by atoms with Gasteiger partial charge in [0.25, 0.3) is 0 Å². The molecule has 1 aliphatic rings. The van der Waals surface area contributed by atoms with Crippen molar-refractivity contribution >= 4 is 43.7 Å². The zero-order chi connectivity index (χ0) is 21.2. The maximum absolute atomic E-state index is 13.4. The number of aromatic nitrogens is 2. The van der Waals surface area contributed by atoms with Crippen molar-refractivity contribution in [3.63, 3.8) is 0 Å². The van der Waals surface area contributed by atoms with E-state index in [0.717, 1.165) is 23.3 Å². The Labute approximate surface area is 182 Å². The van der Waals surface area contributed by atoms with Crippen LogP contribution < -0.4 is 10.7 Å². The molecule has 1 fully saturated rings. The van der Waals surface area contributed by atoms with Gasteiger partial charge in [-0.3, -0.25) is 19.2 Å². The molecular formula is C22H22N4O4S. The number of thiazole rings is 1. The van der Waals surface area contributed by atoms with Gasteiger partial charge < -0.3 is 9.15 Å². The molecule has 4 aromatic rings. The number of rotatable bonds is 6. The third kappa shape index (κ3) is 4.12. The van der Waals surface area contributed by atoms with Crippen molar-refractivity contribution in [2.45, 2.75) is 6.54 Å². The number of nitrogens with zero attached hydrogens (tertiary/aromatic N) is 4. The highest BCUT2D eigenvalue weighted by molar-refractivity contribution is 7.22. The van der Waals surface area contributed by atoms with Crippen LogP contribution in [-0.2, 0) is 16.1 Å². The summed E-state index contributed by atoms with van der Waals surface area (Å²) < 4.78 is 13.1. The molecule has 1 aliphatic heterocycles. The van der Waals surface area contributed by atoms with Crippen molar-refractivity contribution in [3.05, 3.63) is 59.1 Å². The lowest BCUT2D eigenvalue weighted by molar-refractivity contribution is -0.119. The van der Waals surface area contributed by atoms with Gasteiger partial charge >= 0.3 is 5.76 Å². The third-order valence-electron chi connectivity index (χ3n) is 5.43. The molecule has 9 heteroatoms. The first kappa shape index (κ1) is 19.9. The van der Waals surface area contributed by atoms with Gasteiger partial charge in [0.1, 0.15) is 6.54 Å². The fourth-order valence-corrected chi connectivity index (χ4v) is 4.76. The van der Waals surface area contributed by atoms with Crippen molar-refractivity contribution in [1.29, 1.82) is 0 Å². The van der Waals surface area contributed by atoms with Crippen LogP contribution >= 0.6 is 11.3 Å². The summed E-state index contributed by atoms with van der Waals surface area (Å²) in [5, 5.41) is 0.639. The number of fused-ring (bicyclic) bond motifs is 2. The average Bonchev–Trinajstić information content (AvgIpc) is 3.35. The van der Waals surface area contributed by atoms with E-state index >= 15 is 0 Å². The van der Waals surface area contributed by atoms with Crippen molar-refractivity contribution in [2.24, 2.45) is 0 Å². The number of oxazole rings is 1. The lowest BCUT2D eigenvalue weighted by atomic mass is 10.3. The third-order valence-corrected chi connectivity index (χ3v) is 6.48. The minimum absolute atomic E-state index is 0.102. The molecule has 8 nitrogen and oxygen atoms in total. The van der Waals surface area contributed by atoms with E-state index in [1.165, 1.54) is 15.9 Å². The summed E-state index contributed by atoms with van der Waals surface area (Å²) in [6.45, 7) is 4.18. The summed E-state index contributed by atoms with van der Waals surface area (Å²) >= 11 is 1.48. The van der Waals surface area contributed by atoms with Gasteiger partial charge in [0.15, 0.2) is 10.7 Å². The first-order valence-electron chi connectivity index (χ1n) is 10.2. The Bertz CT molecular complexity index is 1240. The zero-order valence-electron chi connectivity index (χ0n) is 16.9. The highest BCUT2D eigenvalue weighted by atomic mass is 32.1. The fraction of sp³-hybridized carbons (Fsp3) is 0.318. The lowest BCUT2D eigenvalue weighted by Crippen LogP contribution is -2.44. The molecule has 0 bridgehead atoms. The Morgan fingerprint density at radius 2 is 1.87 bits per heavy atom.